The fourth-order valence-electron chi connectivity index (χ4n) is 1.19. The van der Waals surface area contributed by atoms with Crippen LogP contribution in [0.5, 0.6) is 0 Å². The predicted octanol–water partition coefficient (Wildman–Crippen LogP) is 1.27. The van der Waals surface area contributed by atoms with E-state index in [2.05, 4.69) is 5.43 Å². The van der Waals surface area contributed by atoms with Gasteiger partial charge in [0.05, 0.1) is 0 Å². The van der Waals surface area contributed by atoms with Crippen molar-refractivity contribution in [3.8, 4) is 0 Å². The van der Waals surface area contributed by atoms with Crippen molar-refractivity contribution >= 4 is 23.4 Å². The summed E-state index contributed by atoms with van der Waals surface area (Å²) in [7, 11) is 0. The molecule has 1 atom stereocenters. The fourth-order valence-corrected chi connectivity index (χ4v) is 2.24. The molecule has 0 aromatic heterocycles. The third-order valence-electron chi connectivity index (χ3n) is 1.94. The lowest BCUT2D eigenvalue weighted by Gasteiger charge is -2.11. The number of nitrogens with two attached hydrogens (primary N) is 2. The van der Waals surface area contributed by atoms with E-state index in [1.807, 2.05) is 6.92 Å². The van der Waals surface area contributed by atoms with E-state index in [1.54, 1.807) is 0 Å². The molecular formula is C10H14FN3OS. The quantitative estimate of drug-likeness (QED) is 0.244. The van der Waals surface area contributed by atoms with E-state index in [9.17, 15) is 9.18 Å². The second-order valence-electron chi connectivity index (χ2n) is 3.38. The van der Waals surface area contributed by atoms with E-state index in [-0.39, 0.29) is 23.4 Å². The molecule has 1 aromatic carbocycles. The Labute approximate surface area is 97.5 Å². The molecule has 1 amide bonds. The highest BCUT2D eigenvalue weighted by Crippen LogP contribution is 2.30. The number of carbonyl (C=O) groups is 1. The molecule has 0 heterocycles. The van der Waals surface area contributed by atoms with Gasteiger partial charge in [-0.3, -0.25) is 10.2 Å². The zero-order valence-electron chi connectivity index (χ0n) is 8.87. The molecule has 5 N–H and O–H groups in total. The standard InChI is InChI=1S/C10H14FN3OS/c1-6(4-10(15)14-13)16-9-5-7(11)2-3-8(9)12/h2-3,5-6H,4,12-13H2,1H3,(H,14,15). The molecule has 0 saturated carbocycles. The van der Waals surface area contributed by atoms with Crippen LogP contribution in [0.25, 0.3) is 0 Å². The highest BCUT2D eigenvalue weighted by Gasteiger charge is 2.11. The second-order valence-corrected chi connectivity index (χ2v) is 4.86. The Hall–Kier alpha value is -1.27. The molecule has 1 aromatic rings. The highest BCUT2D eigenvalue weighted by atomic mass is 32.2. The summed E-state index contributed by atoms with van der Waals surface area (Å²) in [5.74, 6) is 4.38. The third-order valence-corrected chi connectivity index (χ3v) is 3.11. The SMILES string of the molecule is CC(CC(=O)NN)Sc1cc(F)ccc1N. The van der Waals surface area contributed by atoms with Crippen LogP contribution in [0, 0.1) is 5.82 Å². The topological polar surface area (TPSA) is 81.1 Å². The van der Waals surface area contributed by atoms with Gasteiger partial charge >= 0.3 is 0 Å². The van der Waals surface area contributed by atoms with Gasteiger partial charge in [-0.25, -0.2) is 10.2 Å². The van der Waals surface area contributed by atoms with Crippen molar-refractivity contribution in [1.82, 2.24) is 5.43 Å². The van der Waals surface area contributed by atoms with Gasteiger partial charge in [0.1, 0.15) is 5.82 Å². The Balaban J connectivity index is 2.65. The molecule has 16 heavy (non-hydrogen) atoms. The van der Waals surface area contributed by atoms with Crippen LogP contribution in [0.1, 0.15) is 13.3 Å². The van der Waals surface area contributed by atoms with Gasteiger partial charge in [0.2, 0.25) is 5.91 Å². The van der Waals surface area contributed by atoms with Gasteiger partial charge in [0.15, 0.2) is 0 Å². The molecule has 0 aliphatic carbocycles. The number of amides is 1. The van der Waals surface area contributed by atoms with Crippen molar-refractivity contribution in [2.75, 3.05) is 5.73 Å². The number of hydrogen-bond acceptors (Lipinski definition) is 4. The first-order valence-corrected chi connectivity index (χ1v) is 5.62. The van der Waals surface area contributed by atoms with Crippen molar-refractivity contribution in [3.63, 3.8) is 0 Å². The maximum absolute atomic E-state index is 13.0. The summed E-state index contributed by atoms with van der Waals surface area (Å²) in [6.45, 7) is 1.85. The number of hydrazine groups is 1. The molecule has 0 bridgehead atoms. The van der Waals surface area contributed by atoms with Crippen molar-refractivity contribution in [2.45, 2.75) is 23.5 Å². The van der Waals surface area contributed by atoms with Crippen molar-refractivity contribution in [3.05, 3.63) is 24.0 Å². The van der Waals surface area contributed by atoms with Crippen LogP contribution in [-0.2, 0) is 4.79 Å². The van der Waals surface area contributed by atoms with E-state index >= 15 is 0 Å². The number of hydrogen-bond donors (Lipinski definition) is 3. The van der Waals surface area contributed by atoms with Crippen LogP contribution in [0.3, 0.4) is 0 Å². The number of halogens is 1. The maximum atomic E-state index is 13.0. The average Bonchev–Trinajstić information content (AvgIpc) is 2.23. The molecule has 6 heteroatoms. The van der Waals surface area contributed by atoms with Gasteiger partial charge in [0, 0.05) is 22.3 Å². The van der Waals surface area contributed by atoms with Gasteiger partial charge < -0.3 is 5.73 Å². The minimum Gasteiger partial charge on any atom is -0.398 e. The Morgan fingerprint density at radius 3 is 2.94 bits per heavy atom. The fraction of sp³-hybridized carbons (Fsp3) is 0.300. The lowest BCUT2D eigenvalue weighted by molar-refractivity contribution is -0.121. The van der Waals surface area contributed by atoms with Crippen LogP contribution < -0.4 is 17.0 Å². The first-order chi connectivity index (χ1) is 7.52. The lowest BCUT2D eigenvalue weighted by atomic mass is 10.3. The third kappa shape index (κ3) is 3.71. The largest absolute Gasteiger partial charge is 0.398 e. The zero-order valence-corrected chi connectivity index (χ0v) is 9.68. The molecule has 0 aliphatic heterocycles. The van der Waals surface area contributed by atoms with E-state index in [0.29, 0.717) is 10.6 Å². The molecule has 1 unspecified atom stereocenters. The van der Waals surface area contributed by atoms with E-state index in [1.165, 1.54) is 30.0 Å². The summed E-state index contributed by atoms with van der Waals surface area (Å²) in [6, 6.07) is 4.17. The number of benzene rings is 1. The molecular weight excluding hydrogens is 229 g/mol. The Kier molecular flexibility index (Phi) is 4.57. The minimum atomic E-state index is -0.341. The van der Waals surface area contributed by atoms with Crippen molar-refractivity contribution in [2.24, 2.45) is 5.84 Å². The number of anilines is 1. The van der Waals surface area contributed by atoms with E-state index in [0.717, 1.165) is 0 Å². The molecule has 0 fully saturated rings. The molecule has 0 spiro atoms. The molecule has 4 nitrogen and oxygen atoms in total. The highest BCUT2D eigenvalue weighted by molar-refractivity contribution is 8.00. The monoisotopic (exact) mass is 243 g/mol. The molecule has 88 valence electrons. The van der Waals surface area contributed by atoms with Crippen LogP contribution in [0.15, 0.2) is 23.1 Å². The summed E-state index contributed by atoms with van der Waals surface area (Å²) in [4.78, 5) is 11.6. The summed E-state index contributed by atoms with van der Waals surface area (Å²) >= 11 is 1.35. The lowest BCUT2D eigenvalue weighted by Crippen LogP contribution is -2.31. The van der Waals surface area contributed by atoms with Crippen LogP contribution >= 0.6 is 11.8 Å². The van der Waals surface area contributed by atoms with Crippen LogP contribution in [-0.4, -0.2) is 11.2 Å². The van der Waals surface area contributed by atoms with E-state index in [4.69, 9.17) is 11.6 Å². The summed E-state index contributed by atoms with van der Waals surface area (Å²) < 4.78 is 13.0. The second kappa shape index (κ2) is 5.72. The van der Waals surface area contributed by atoms with Gasteiger partial charge in [-0.15, -0.1) is 11.8 Å². The van der Waals surface area contributed by atoms with Crippen LogP contribution in [0.2, 0.25) is 0 Å². The number of carbonyl (C=O) groups excluding carboxylic acids is 1. The summed E-state index contributed by atoms with van der Waals surface area (Å²) in [5.41, 5.74) is 8.24. The Bertz CT molecular complexity index is 386. The van der Waals surface area contributed by atoms with Gasteiger partial charge in [-0.1, -0.05) is 6.92 Å². The van der Waals surface area contributed by atoms with Crippen molar-refractivity contribution in [1.29, 1.82) is 0 Å². The number of thioether (sulfide) groups is 1. The Morgan fingerprint density at radius 2 is 2.31 bits per heavy atom. The average molecular weight is 243 g/mol. The normalized spacial score (nSPS) is 12.2. The van der Waals surface area contributed by atoms with E-state index < -0.39 is 0 Å². The smallest absolute Gasteiger partial charge is 0.234 e. The summed E-state index contributed by atoms with van der Waals surface area (Å²) in [6.07, 6.45) is 0.261. The molecule has 0 radical (unpaired) electrons. The maximum Gasteiger partial charge on any atom is 0.234 e. The zero-order chi connectivity index (χ0) is 12.1. The number of rotatable bonds is 4. The number of nitrogens with one attached hydrogen (secondary N) is 1. The Morgan fingerprint density at radius 1 is 1.62 bits per heavy atom. The minimum absolute atomic E-state index is 0.0207. The van der Waals surface area contributed by atoms with Crippen LogP contribution in [0.4, 0.5) is 10.1 Å². The van der Waals surface area contributed by atoms with Gasteiger partial charge in [-0.05, 0) is 18.2 Å². The first-order valence-electron chi connectivity index (χ1n) is 4.74. The molecule has 1 rings (SSSR count). The number of nitrogen functional groups attached to an aromatic ring is 1. The summed E-state index contributed by atoms with van der Waals surface area (Å²) in [5, 5.41) is -0.0207. The van der Waals surface area contributed by atoms with Gasteiger partial charge in [0.25, 0.3) is 0 Å². The van der Waals surface area contributed by atoms with Gasteiger partial charge in [-0.2, -0.15) is 0 Å². The molecule has 0 saturated heterocycles. The van der Waals surface area contributed by atoms with Crippen molar-refractivity contribution < 1.29 is 9.18 Å². The molecule has 0 aliphatic rings. The first kappa shape index (κ1) is 12.8. The predicted molar refractivity (Wildman–Crippen MR) is 63.1 cm³/mol.